The van der Waals surface area contributed by atoms with Gasteiger partial charge in [0.05, 0.1) is 18.4 Å². The highest BCUT2D eigenvalue weighted by atomic mass is 16.6. The molecule has 0 unspecified atom stereocenters. The first kappa shape index (κ1) is 13.8. The van der Waals surface area contributed by atoms with Crippen molar-refractivity contribution in [1.29, 1.82) is 0 Å². The van der Waals surface area contributed by atoms with Gasteiger partial charge in [-0.05, 0) is 6.92 Å². The third-order valence-corrected chi connectivity index (χ3v) is 2.82. The second kappa shape index (κ2) is 5.56. The van der Waals surface area contributed by atoms with E-state index in [1.807, 2.05) is 0 Å². The van der Waals surface area contributed by atoms with Crippen LogP contribution in [0.5, 0.6) is 0 Å². The predicted octanol–water partition coefficient (Wildman–Crippen LogP) is 2.23. The Morgan fingerprint density at radius 1 is 1.40 bits per heavy atom. The summed E-state index contributed by atoms with van der Waals surface area (Å²) in [6, 6.07) is 6.73. The van der Waals surface area contributed by atoms with E-state index in [0.29, 0.717) is 11.1 Å². The van der Waals surface area contributed by atoms with E-state index in [1.54, 1.807) is 31.2 Å². The van der Waals surface area contributed by atoms with E-state index in [9.17, 15) is 14.7 Å². The molecule has 1 N–H and O–H groups in total. The second-order valence-electron chi connectivity index (χ2n) is 4.10. The van der Waals surface area contributed by atoms with Crippen LogP contribution < -0.4 is 0 Å². The van der Waals surface area contributed by atoms with Gasteiger partial charge in [0.25, 0.3) is 0 Å². The maximum atomic E-state index is 12.1. The number of aliphatic hydroxyl groups is 1. The Balaban J connectivity index is 2.21. The molecule has 0 fully saturated rings. The SMILES string of the molecule is CCOC(=O)N(C)N=CC1=C(O)c2ccccc2C1=O. The Morgan fingerprint density at radius 2 is 2.05 bits per heavy atom. The highest BCUT2D eigenvalue weighted by Crippen LogP contribution is 2.29. The molecule has 0 saturated heterocycles. The van der Waals surface area contributed by atoms with Crippen LogP contribution in [0.4, 0.5) is 4.79 Å². The van der Waals surface area contributed by atoms with Crippen LogP contribution >= 0.6 is 0 Å². The van der Waals surface area contributed by atoms with Gasteiger partial charge in [0.1, 0.15) is 5.76 Å². The third-order valence-electron chi connectivity index (χ3n) is 2.82. The van der Waals surface area contributed by atoms with Crippen LogP contribution in [-0.4, -0.2) is 41.9 Å². The summed E-state index contributed by atoms with van der Waals surface area (Å²) in [5, 5.41) is 14.8. The van der Waals surface area contributed by atoms with E-state index in [0.717, 1.165) is 11.2 Å². The number of benzene rings is 1. The first-order chi connectivity index (χ1) is 9.56. The summed E-state index contributed by atoms with van der Waals surface area (Å²) in [5.74, 6) is -0.453. The molecular formula is C14H14N2O4. The monoisotopic (exact) mass is 274 g/mol. The minimum Gasteiger partial charge on any atom is -0.506 e. The molecule has 1 aromatic rings. The molecule has 2 rings (SSSR count). The molecule has 6 nitrogen and oxygen atoms in total. The van der Waals surface area contributed by atoms with Crippen LogP contribution in [0.25, 0.3) is 5.76 Å². The van der Waals surface area contributed by atoms with E-state index in [2.05, 4.69) is 5.10 Å². The maximum absolute atomic E-state index is 12.1. The third kappa shape index (κ3) is 2.40. The summed E-state index contributed by atoms with van der Waals surface area (Å²) >= 11 is 0. The highest BCUT2D eigenvalue weighted by Gasteiger charge is 2.28. The van der Waals surface area contributed by atoms with Gasteiger partial charge in [0.2, 0.25) is 0 Å². The van der Waals surface area contributed by atoms with Gasteiger partial charge < -0.3 is 9.84 Å². The standard InChI is InChI=1S/C14H14N2O4/c1-3-20-14(19)16(2)15-8-11-12(17)9-6-4-5-7-10(9)13(11)18/h4-8,17H,3H2,1-2H3. The maximum Gasteiger partial charge on any atom is 0.430 e. The number of rotatable bonds is 3. The molecule has 1 aliphatic rings. The lowest BCUT2D eigenvalue weighted by Crippen LogP contribution is -2.22. The smallest absolute Gasteiger partial charge is 0.430 e. The van der Waals surface area contributed by atoms with Crippen molar-refractivity contribution in [3.8, 4) is 0 Å². The number of carbonyl (C=O) groups is 2. The summed E-state index contributed by atoms with van der Waals surface area (Å²) in [5.41, 5.74) is 0.949. The molecule has 104 valence electrons. The lowest BCUT2D eigenvalue weighted by atomic mass is 10.1. The Kier molecular flexibility index (Phi) is 3.84. The van der Waals surface area contributed by atoms with Gasteiger partial charge in [-0.25, -0.2) is 9.80 Å². The number of allylic oxidation sites excluding steroid dienone is 1. The van der Waals surface area contributed by atoms with Crippen molar-refractivity contribution in [3.63, 3.8) is 0 Å². The minimum absolute atomic E-state index is 0.0577. The van der Waals surface area contributed by atoms with Crippen LogP contribution in [0.15, 0.2) is 34.9 Å². The highest BCUT2D eigenvalue weighted by molar-refractivity contribution is 6.30. The number of nitrogens with zero attached hydrogens (tertiary/aromatic N) is 2. The van der Waals surface area contributed by atoms with E-state index < -0.39 is 6.09 Å². The lowest BCUT2D eigenvalue weighted by molar-refractivity contribution is 0.104. The normalized spacial score (nSPS) is 13.8. The lowest BCUT2D eigenvalue weighted by Gasteiger charge is -2.09. The van der Waals surface area contributed by atoms with E-state index in [1.165, 1.54) is 7.05 Å². The summed E-state index contributed by atoms with van der Waals surface area (Å²) < 4.78 is 4.74. The number of Topliss-reactive ketones (excluding diaryl/α,β-unsaturated/α-hetero) is 1. The van der Waals surface area contributed by atoms with E-state index in [4.69, 9.17) is 4.74 Å². The summed E-state index contributed by atoms with van der Waals surface area (Å²) in [6.07, 6.45) is 0.529. The fourth-order valence-electron chi connectivity index (χ4n) is 1.81. The van der Waals surface area contributed by atoms with Crippen molar-refractivity contribution < 1.29 is 19.4 Å². The molecule has 0 spiro atoms. The fourth-order valence-corrected chi connectivity index (χ4v) is 1.81. The first-order valence-electron chi connectivity index (χ1n) is 6.08. The molecule has 0 aliphatic heterocycles. The molecule has 20 heavy (non-hydrogen) atoms. The number of ether oxygens (including phenoxy) is 1. The molecule has 1 aliphatic carbocycles. The number of ketones is 1. The van der Waals surface area contributed by atoms with Gasteiger partial charge in [-0.2, -0.15) is 5.10 Å². The number of aliphatic hydroxyl groups excluding tert-OH is 1. The number of carbonyl (C=O) groups excluding carboxylic acids is 2. The van der Waals surface area contributed by atoms with Gasteiger partial charge in [-0.3, -0.25) is 4.79 Å². The Bertz CT molecular complexity index is 619. The van der Waals surface area contributed by atoms with Crippen molar-refractivity contribution in [3.05, 3.63) is 41.0 Å². The topological polar surface area (TPSA) is 79.2 Å². The van der Waals surface area contributed by atoms with Crippen LogP contribution in [0.2, 0.25) is 0 Å². The summed E-state index contributed by atoms with van der Waals surface area (Å²) in [4.78, 5) is 23.4. The van der Waals surface area contributed by atoms with E-state index in [-0.39, 0.29) is 23.7 Å². The van der Waals surface area contributed by atoms with Crippen molar-refractivity contribution in [2.24, 2.45) is 5.10 Å². The molecular weight excluding hydrogens is 260 g/mol. The number of amides is 1. The molecule has 0 aromatic heterocycles. The zero-order valence-corrected chi connectivity index (χ0v) is 11.2. The zero-order valence-electron chi connectivity index (χ0n) is 11.2. The van der Waals surface area contributed by atoms with E-state index >= 15 is 0 Å². The Hall–Kier alpha value is -2.63. The van der Waals surface area contributed by atoms with Gasteiger partial charge in [0.15, 0.2) is 5.78 Å². The molecule has 0 atom stereocenters. The largest absolute Gasteiger partial charge is 0.506 e. The Labute approximate surface area is 116 Å². The molecule has 0 saturated carbocycles. The molecule has 0 radical (unpaired) electrons. The number of hydrogen-bond acceptors (Lipinski definition) is 5. The molecule has 6 heteroatoms. The number of hydrazone groups is 1. The fraction of sp³-hybridized carbons (Fsp3) is 0.214. The van der Waals surface area contributed by atoms with Crippen LogP contribution in [-0.2, 0) is 4.74 Å². The van der Waals surface area contributed by atoms with Gasteiger partial charge in [-0.15, -0.1) is 0 Å². The Morgan fingerprint density at radius 3 is 2.65 bits per heavy atom. The summed E-state index contributed by atoms with van der Waals surface area (Å²) in [7, 11) is 1.40. The number of hydrogen-bond donors (Lipinski definition) is 1. The first-order valence-corrected chi connectivity index (χ1v) is 6.08. The van der Waals surface area contributed by atoms with Gasteiger partial charge in [0, 0.05) is 18.2 Å². The molecule has 1 aromatic carbocycles. The van der Waals surface area contributed by atoms with Gasteiger partial charge >= 0.3 is 6.09 Å². The quantitative estimate of drug-likeness (QED) is 0.677. The zero-order chi connectivity index (χ0) is 14.7. The molecule has 0 bridgehead atoms. The average molecular weight is 274 g/mol. The van der Waals surface area contributed by atoms with Gasteiger partial charge in [-0.1, -0.05) is 24.3 Å². The van der Waals surface area contributed by atoms with Crippen LogP contribution in [0.1, 0.15) is 22.8 Å². The summed E-state index contributed by atoms with van der Waals surface area (Å²) in [6.45, 7) is 1.91. The van der Waals surface area contributed by atoms with Crippen molar-refractivity contribution in [1.82, 2.24) is 5.01 Å². The molecule has 0 heterocycles. The predicted molar refractivity (Wildman–Crippen MR) is 73.6 cm³/mol. The van der Waals surface area contributed by atoms with Crippen molar-refractivity contribution in [2.75, 3.05) is 13.7 Å². The van der Waals surface area contributed by atoms with Crippen molar-refractivity contribution >= 4 is 23.9 Å². The second-order valence-corrected chi connectivity index (χ2v) is 4.10. The van der Waals surface area contributed by atoms with Crippen LogP contribution in [0.3, 0.4) is 0 Å². The molecule has 1 amide bonds. The van der Waals surface area contributed by atoms with Crippen molar-refractivity contribution in [2.45, 2.75) is 6.92 Å². The number of fused-ring (bicyclic) bond motifs is 1. The van der Waals surface area contributed by atoms with Crippen LogP contribution in [0, 0.1) is 0 Å². The minimum atomic E-state index is -0.633. The average Bonchev–Trinajstić information content (AvgIpc) is 2.69.